The monoisotopic (exact) mass is 373 g/mol. The number of fused-ring (bicyclic) bond motifs is 1. The summed E-state index contributed by atoms with van der Waals surface area (Å²) in [4.78, 5) is 30.9. The van der Waals surface area contributed by atoms with E-state index >= 15 is 0 Å². The topological polar surface area (TPSA) is 85.5 Å². The van der Waals surface area contributed by atoms with Crippen LogP contribution in [0, 0.1) is 0 Å². The lowest BCUT2D eigenvalue weighted by molar-refractivity contribution is -0.143. The van der Waals surface area contributed by atoms with Crippen LogP contribution in [0.1, 0.15) is 39.5 Å². The fraction of sp³-hybridized carbons (Fsp3) is 0.136. The third-order valence-corrected chi connectivity index (χ3v) is 4.68. The van der Waals surface area contributed by atoms with Crippen molar-refractivity contribution in [1.82, 2.24) is 9.88 Å². The van der Waals surface area contributed by atoms with Crippen LogP contribution in [-0.2, 0) is 16.1 Å². The summed E-state index contributed by atoms with van der Waals surface area (Å²) in [7, 11) is 0. The standard InChI is InChI=1S/C22H19N3O3/c23-20(26)19(18-12-6-7-13-24-18)28-22-17-11-5-4-10-16(17)21(27)25(22)14-15-8-2-1-3-9-15/h1-13,19,22H,14H2,(H2,23,26). The molecule has 3 aromatic rings. The molecule has 1 aliphatic heterocycles. The first-order valence-corrected chi connectivity index (χ1v) is 8.94. The van der Waals surface area contributed by atoms with Crippen molar-refractivity contribution in [2.45, 2.75) is 18.9 Å². The second-order valence-electron chi connectivity index (χ2n) is 6.53. The Hall–Kier alpha value is -3.51. The molecule has 28 heavy (non-hydrogen) atoms. The van der Waals surface area contributed by atoms with Gasteiger partial charge in [-0.3, -0.25) is 14.6 Å². The number of amides is 2. The third-order valence-electron chi connectivity index (χ3n) is 4.68. The summed E-state index contributed by atoms with van der Waals surface area (Å²) in [6.07, 6.45) is -0.226. The van der Waals surface area contributed by atoms with Gasteiger partial charge in [-0.25, -0.2) is 0 Å². The van der Waals surface area contributed by atoms with Crippen molar-refractivity contribution in [3.8, 4) is 0 Å². The summed E-state index contributed by atoms with van der Waals surface area (Å²) >= 11 is 0. The number of hydrogen-bond donors (Lipinski definition) is 1. The minimum Gasteiger partial charge on any atom is -0.367 e. The lowest BCUT2D eigenvalue weighted by atomic mass is 10.1. The van der Waals surface area contributed by atoms with Gasteiger partial charge in [0, 0.05) is 23.9 Å². The first-order chi connectivity index (χ1) is 13.6. The molecule has 0 saturated heterocycles. The normalized spacial score (nSPS) is 16.6. The zero-order chi connectivity index (χ0) is 19.5. The van der Waals surface area contributed by atoms with Gasteiger partial charge in [0.15, 0.2) is 12.3 Å². The highest BCUT2D eigenvalue weighted by atomic mass is 16.5. The molecule has 1 aliphatic rings. The van der Waals surface area contributed by atoms with Crippen LogP contribution in [0.2, 0.25) is 0 Å². The van der Waals surface area contributed by atoms with Crippen molar-refractivity contribution in [2.24, 2.45) is 5.73 Å². The minimum atomic E-state index is -1.07. The van der Waals surface area contributed by atoms with E-state index in [2.05, 4.69) is 4.98 Å². The Morgan fingerprint density at radius 1 is 1.04 bits per heavy atom. The van der Waals surface area contributed by atoms with E-state index in [1.165, 1.54) is 0 Å². The predicted molar refractivity (Wildman–Crippen MR) is 103 cm³/mol. The molecule has 0 saturated carbocycles. The van der Waals surface area contributed by atoms with E-state index in [1.54, 1.807) is 35.4 Å². The van der Waals surface area contributed by atoms with Gasteiger partial charge in [-0.05, 0) is 23.8 Å². The van der Waals surface area contributed by atoms with E-state index < -0.39 is 18.2 Å². The van der Waals surface area contributed by atoms with Crippen LogP contribution in [0.15, 0.2) is 79.0 Å². The number of carbonyl (C=O) groups is 2. The van der Waals surface area contributed by atoms with Gasteiger partial charge in [0.1, 0.15) is 0 Å². The SMILES string of the molecule is NC(=O)C(OC1c2ccccc2C(=O)N1Cc1ccccc1)c1ccccn1. The average molecular weight is 373 g/mol. The van der Waals surface area contributed by atoms with Crippen molar-refractivity contribution in [1.29, 1.82) is 0 Å². The van der Waals surface area contributed by atoms with E-state index in [1.807, 2.05) is 48.5 Å². The Kier molecular flexibility index (Phi) is 4.87. The number of ether oxygens (including phenoxy) is 1. The van der Waals surface area contributed by atoms with E-state index in [4.69, 9.17) is 10.5 Å². The lowest BCUT2D eigenvalue weighted by Gasteiger charge is -2.28. The van der Waals surface area contributed by atoms with Crippen molar-refractivity contribution >= 4 is 11.8 Å². The number of hydrogen-bond acceptors (Lipinski definition) is 4. The largest absolute Gasteiger partial charge is 0.367 e. The average Bonchev–Trinajstić information content (AvgIpc) is 2.99. The Bertz CT molecular complexity index is 992. The number of rotatable bonds is 6. The molecule has 2 heterocycles. The molecule has 6 heteroatoms. The number of pyridine rings is 1. The summed E-state index contributed by atoms with van der Waals surface area (Å²) in [6.45, 7) is 0.354. The van der Waals surface area contributed by atoms with Crippen LogP contribution in [-0.4, -0.2) is 21.7 Å². The van der Waals surface area contributed by atoms with Crippen LogP contribution >= 0.6 is 0 Å². The van der Waals surface area contributed by atoms with Crippen molar-refractivity contribution in [3.63, 3.8) is 0 Å². The van der Waals surface area contributed by atoms with Gasteiger partial charge in [-0.1, -0.05) is 54.6 Å². The van der Waals surface area contributed by atoms with Gasteiger partial charge >= 0.3 is 0 Å². The minimum absolute atomic E-state index is 0.145. The molecule has 0 fully saturated rings. The summed E-state index contributed by atoms with van der Waals surface area (Å²) in [6, 6.07) is 22.1. The Balaban J connectivity index is 1.70. The number of nitrogens with zero attached hydrogens (tertiary/aromatic N) is 2. The molecule has 2 aromatic carbocycles. The van der Waals surface area contributed by atoms with Crippen LogP contribution in [0.3, 0.4) is 0 Å². The number of carbonyl (C=O) groups excluding carboxylic acids is 2. The molecule has 2 amide bonds. The molecule has 2 N–H and O–H groups in total. The molecule has 0 radical (unpaired) electrons. The van der Waals surface area contributed by atoms with Gasteiger partial charge in [0.2, 0.25) is 0 Å². The molecule has 0 aliphatic carbocycles. The van der Waals surface area contributed by atoms with Gasteiger partial charge < -0.3 is 15.4 Å². The van der Waals surface area contributed by atoms with Crippen LogP contribution in [0.4, 0.5) is 0 Å². The maximum Gasteiger partial charge on any atom is 0.256 e. The predicted octanol–water partition coefficient (Wildman–Crippen LogP) is 2.98. The second-order valence-corrected chi connectivity index (χ2v) is 6.53. The van der Waals surface area contributed by atoms with Gasteiger partial charge in [-0.15, -0.1) is 0 Å². The molecule has 1 aromatic heterocycles. The molecule has 140 valence electrons. The highest BCUT2D eigenvalue weighted by molar-refractivity contribution is 5.99. The number of nitrogens with two attached hydrogens (primary N) is 1. The molecule has 0 bridgehead atoms. The molecule has 0 spiro atoms. The number of benzene rings is 2. The van der Waals surface area contributed by atoms with Crippen molar-refractivity contribution in [2.75, 3.05) is 0 Å². The van der Waals surface area contributed by atoms with Crippen molar-refractivity contribution in [3.05, 3.63) is 101 Å². The van der Waals surface area contributed by atoms with E-state index in [0.717, 1.165) is 5.56 Å². The molecular formula is C22H19N3O3. The Morgan fingerprint density at radius 3 is 2.46 bits per heavy atom. The smallest absolute Gasteiger partial charge is 0.256 e. The van der Waals surface area contributed by atoms with Gasteiger partial charge in [-0.2, -0.15) is 0 Å². The first kappa shape index (κ1) is 17.9. The van der Waals surface area contributed by atoms with Crippen LogP contribution in [0.25, 0.3) is 0 Å². The van der Waals surface area contributed by atoms with E-state index in [9.17, 15) is 9.59 Å². The maximum atomic E-state index is 13.0. The summed E-state index contributed by atoms with van der Waals surface area (Å²) in [5, 5.41) is 0. The quantitative estimate of drug-likeness (QED) is 0.720. The maximum absolute atomic E-state index is 13.0. The van der Waals surface area contributed by atoms with Gasteiger partial charge in [0.05, 0.1) is 5.69 Å². The van der Waals surface area contributed by atoms with E-state index in [0.29, 0.717) is 23.4 Å². The molecule has 2 atom stereocenters. The molecular weight excluding hydrogens is 354 g/mol. The number of primary amides is 1. The lowest BCUT2D eigenvalue weighted by Crippen LogP contribution is -2.33. The van der Waals surface area contributed by atoms with Gasteiger partial charge in [0.25, 0.3) is 11.8 Å². The molecule has 4 rings (SSSR count). The van der Waals surface area contributed by atoms with E-state index in [-0.39, 0.29) is 5.91 Å². The first-order valence-electron chi connectivity index (χ1n) is 8.94. The Labute approximate surface area is 162 Å². The van der Waals surface area contributed by atoms with Crippen molar-refractivity contribution < 1.29 is 14.3 Å². The van der Waals surface area contributed by atoms with Crippen LogP contribution in [0.5, 0.6) is 0 Å². The zero-order valence-corrected chi connectivity index (χ0v) is 15.1. The highest BCUT2D eigenvalue weighted by Crippen LogP contribution is 2.38. The molecule has 2 unspecified atom stereocenters. The Morgan fingerprint density at radius 2 is 1.75 bits per heavy atom. The summed E-state index contributed by atoms with van der Waals surface area (Å²) < 4.78 is 6.11. The highest BCUT2D eigenvalue weighted by Gasteiger charge is 2.40. The molecule has 6 nitrogen and oxygen atoms in total. The summed E-state index contributed by atoms with van der Waals surface area (Å²) in [5.41, 5.74) is 8.24. The second kappa shape index (κ2) is 7.62. The van der Waals surface area contributed by atoms with Crippen LogP contribution < -0.4 is 5.73 Å². The zero-order valence-electron chi connectivity index (χ0n) is 15.1. The summed E-state index contributed by atoms with van der Waals surface area (Å²) in [5.74, 6) is -0.802. The third kappa shape index (κ3) is 3.37. The number of aromatic nitrogens is 1. The fourth-order valence-corrected chi connectivity index (χ4v) is 3.36. The fourth-order valence-electron chi connectivity index (χ4n) is 3.36.